The van der Waals surface area contributed by atoms with E-state index in [0.717, 1.165) is 5.69 Å². The molecule has 0 aromatic carbocycles. The average Bonchev–Trinajstić information content (AvgIpc) is 2.46. The molecule has 98 valence electrons. The third-order valence-corrected chi connectivity index (χ3v) is 2.42. The molecule has 0 amide bonds. The summed E-state index contributed by atoms with van der Waals surface area (Å²) in [5.41, 5.74) is 6.98. The maximum Gasteiger partial charge on any atom is 0.340 e. The van der Waals surface area contributed by atoms with Gasteiger partial charge in [-0.1, -0.05) is 0 Å². The van der Waals surface area contributed by atoms with Crippen molar-refractivity contribution in [3.63, 3.8) is 0 Å². The molecule has 0 fully saturated rings. The van der Waals surface area contributed by atoms with Crippen LogP contribution in [0.25, 0.3) is 0 Å². The predicted molar refractivity (Wildman–Crippen MR) is 69.3 cm³/mol. The van der Waals surface area contributed by atoms with Gasteiger partial charge in [-0.15, -0.1) is 0 Å². The monoisotopic (exact) mass is 259 g/mol. The summed E-state index contributed by atoms with van der Waals surface area (Å²) in [6, 6.07) is 5.16. The quantitative estimate of drug-likeness (QED) is 0.784. The van der Waals surface area contributed by atoms with E-state index in [4.69, 9.17) is 5.73 Å². The molecule has 0 spiro atoms. The molecule has 0 bridgehead atoms. The van der Waals surface area contributed by atoms with Gasteiger partial charge in [0, 0.05) is 6.20 Å². The molecule has 0 aliphatic heterocycles. The van der Waals surface area contributed by atoms with Crippen LogP contribution in [0.5, 0.6) is 0 Å². The maximum absolute atomic E-state index is 11.5. The number of esters is 1. The fourth-order valence-electron chi connectivity index (χ4n) is 1.46. The molecule has 2 heterocycles. The Kier molecular flexibility index (Phi) is 3.87. The second kappa shape index (κ2) is 5.76. The van der Waals surface area contributed by atoms with Gasteiger partial charge in [0.15, 0.2) is 0 Å². The smallest absolute Gasteiger partial charge is 0.340 e. The van der Waals surface area contributed by atoms with Gasteiger partial charge in [-0.3, -0.25) is 0 Å². The summed E-state index contributed by atoms with van der Waals surface area (Å²) in [5.74, 6) is 0.0164. The first kappa shape index (κ1) is 12.7. The number of aromatic nitrogens is 3. The van der Waals surface area contributed by atoms with Crippen LogP contribution in [-0.2, 0) is 11.3 Å². The van der Waals surface area contributed by atoms with Crippen molar-refractivity contribution in [1.82, 2.24) is 15.2 Å². The molecule has 19 heavy (non-hydrogen) atoms. The van der Waals surface area contributed by atoms with E-state index in [0.29, 0.717) is 12.4 Å². The fourth-order valence-corrected chi connectivity index (χ4v) is 1.46. The van der Waals surface area contributed by atoms with E-state index in [2.05, 4.69) is 25.2 Å². The highest BCUT2D eigenvalue weighted by Crippen LogP contribution is 2.16. The number of nitrogens with zero attached hydrogens (tertiary/aromatic N) is 3. The van der Waals surface area contributed by atoms with Crippen LogP contribution in [0, 0.1) is 0 Å². The van der Waals surface area contributed by atoms with Crippen LogP contribution < -0.4 is 11.1 Å². The van der Waals surface area contributed by atoms with E-state index < -0.39 is 5.97 Å². The number of hydrogen-bond donors (Lipinski definition) is 2. The zero-order valence-electron chi connectivity index (χ0n) is 10.3. The Bertz CT molecular complexity index is 574. The van der Waals surface area contributed by atoms with Crippen LogP contribution in [-0.4, -0.2) is 28.3 Å². The van der Waals surface area contributed by atoms with Crippen molar-refractivity contribution >= 4 is 17.5 Å². The van der Waals surface area contributed by atoms with E-state index in [9.17, 15) is 4.79 Å². The van der Waals surface area contributed by atoms with Gasteiger partial charge < -0.3 is 15.8 Å². The summed E-state index contributed by atoms with van der Waals surface area (Å²) >= 11 is 0. The molecule has 0 radical (unpaired) electrons. The molecule has 0 unspecified atom stereocenters. The van der Waals surface area contributed by atoms with Crippen molar-refractivity contribution in [2.75, 3.05) is 18.2 Å². The summed E-state index contributed by atoms with van der Waals surface area (Å²) in [4.78, 5) is 15.6. The number of carbonyl (C=O) groups is 1. The Balaban J connectivity index is 2.11. The highest BCUT2D eigenvalue weighted by molar-refractivity contribution is 5.95. The van der Waals surface area contributed by atoms with E-state index in [-0.39, 0.29) is 11.3 Å². The van der Waals surface area contributed by atoms with E-state index in [1.54, 1.807) is 12.3 Å². The summed E-state index contributed by atoms with van der Waals surface area (Å²) in [6.07, 6.45) is 3.01. The number of anilines is 2. The van der Waals surface area contributed by atoms with Crippen molar-refractivity contribution < 1.29 is 9.53 Å². The number of nitrogens with one attached hydrogen (secondary N) is 1. The number of rotatable bonds is 4. The van der Waals surface area contributed by atoms with Crippen LogP contribution in [0.3, 0.4) is 0 Å². The number of ether oxygens (including phenoxy) is 1. The molecule has 0 aliphatic rings. The van der Waals surface area contributed by atoms with Crippen LogP contribution >= 0.6 is 0 Å². The molecule has 3 N–H and O–H groups in total. The first-order valence-electron chi connectivity index (χ1n) is 5.55. The minimum absolute atomic E-state index is 0.275. The lowest BCUT2D eigenvalue weighted by atomic mass is 10.2. The number of methoxy groups -OCH3 is 1. The van der Waals surface area contributed by atoms with E-state index >= 15 is 0 Å². The fraction of sp³-hybridized carbons (Fsp3) is 0.167. The number of pyridine rings is 1. The largest absolute Gasteiger partial charge is 0.465 e. The van der Waals surface area contributed by atoms with Gasteiger partial charge in [0.25, 0.3) is 0 Å². The summed E-state index contributed by atoms with van der Waals surface area (Å²) in [6.45, 7) is 0.450. The van der Waals surface area contributed by atoms with Crippen LogP contribution in [0.1, 0.15) is 16.1 Å². The number of carbonyl (C=O) groups excluding carboxylic acids is 1. The molecule has 7 nitrogen and oxygen atoms in total. The normalized spacial score (nSPS) is 9.95. The Morgan fingerprint density at radius 3 is 3.05 bits per heavy atom. The van der Waals surface area contributed by atoms with Gasteiger partial charge in [-0.25, -0.2) is 9.78 Å². The average molecular weight is 259 g/mol. The maximum atomic E-state index is 11.5. The molecule has 0 atom stereocenters. The summed E-state index contributed by atoms with van der Waals surface area (Å²) in [5, 5.41) is 10.7. The third kappa shape index (κ3) is 3.15. The first-order valence-corrected chi connectivity index (χ1v) is 5.55. The topological polar surface area (TPSA) is 103 Å². The zero-order valence-corrected chi connectivity index (χ0v) is 10.3. The molecule has 0 saturated heterocycles. The predicted octanol–water partition coefficient (Wildman–Crippen LogP) is 0.852. The van der Waals surface area contributed by atoms with Crippen LogP contribution in [0.4, 0.5) is 11.5 Å². The standard InChI is InChI=1S/C12H13N5O2/c1-19-12(18)9-5-11(15-7-10(9)13)14-6-8-3-2-4-16-17-8/h2-5,7H,6,13H2,1H3,(H,14,15). The van der Waals surface area contributed by atoms with Crippen molar-refractivity contribution in [3.05, 3.63) is 41.9 Å². The molecule has 2 rings (SSSR count). The number of nitrogens with two attached hydrogens (primary N) is 1. The Morgan fingerprint density at radius 2 is 2.37 bits per heavy atom. The molecule has 0 saturated carbocycles. The molecular formula is C12H13N5O2. The van der Waals surface area contributed by atoms with Crippen molar-refractivity contribution in [2.45, 2.75) is 6.54 Å². The molecule has 7 heteroatoms. The van der Waals surface area contributed by atoms with Gasteiger partial charge in [-0.05, 0) is 18.2 Å². The lowest BCUT2D eigenvalue weighted by molar-refractivity contribution is 0.0602. The third-order valence-electron chi connectivity index (χ3n) is 2.42. The molecular weight excluding hydrogens is 246 g/mol. The second-order valence-electron chi connectivity index (χ2n) is 3.72. The highest BCUT2D eigenvalue weighted by Gasteiger charge is 2.11. The van der Waals surface area contributed by atoms with Gasteiger partial charge in [0.2, 0.25) is 0 Å². The van der Waals surface area contributed by atoms with Crippen molar-refractivity contribution in [1.29, 1.82) is 0 Å². The Hall–Kier alpha value is -2.70. The first-order chi connectivity index (χ1) is 9.20. The highest BCUT2D eigenvalue weighted by atomic mass is 16.5. The van der Waals surface area contributed by atoms with E-state index in [1.807, 2.05) is 6.07 Å². The summed E-state index contributed by atoms with van der Waals surface area (Å²) < 4.78 is 4.64. The second-order valence-corrected chi connectivity index (χ2v) is 3.72. The van der Waals surface area contributed by atoms with Gasteiger partial charge in [0.05, 0.1) is 36.8 Å². The van der Waals surface area contributed by atoms with Crippen LogP contribution in [0.15, 0.2) is 30.6 Å². The summed E-state index contributed by atoms with van der Waals surface area (Å²) in [7, 11) is 1.30. The zero-order chi connectivity index (χ0) is 13.7. The van der Waals surface area contributed by atoms with Gasteiger partial charge >= 0.3 is 5.97 Å². The lowest BCUT2D eigenvalue weighted by Crippen LogP contribution is -2.09. The molecule has 2 aromatic rings. The minimum Gasteiger partial charge on any atom is -0.465 e. The van der Waals surface area contributed by atoms with Crippen molar-refractivity contribution in [2.24, 2.45) is 0 Å². The minimum atomic E-state index is -0.498. The molecule has 0 aliphatic carbocycles. The lowest BCUT2D eigenvalue weighted by Gasteiger charge is -2.08. The molecule has 2 aromatic heterocycles. The van der Waals surface area contributed by atoms with Gasteiger partial charge in [0.1, 0.15) is 5.82 Å². The van der Waals surface area contributed by atoms with Gasteiger partial charge in [-0.2, -0.15) is 10.2 Å². The Labute approximate surface area is 109 Å². The number of hydrogen-bond acceptors (Lipinski definition) is 7. The van der Waals surface area contributed by atoms with E-state index in [1.165, 1.54) is 19.4 Å². The van der Waals surface area contributed by atoms with Crippen LogP contribution in [0.2, 0.25) is 0 Å². The van der Waals surface area contributed by atoms with Crippen molar-refractivity contribution in [3.8, 4) is 0 Å². The number of nitrogen functional groups attached to an aromatic ring is 1. The SMILES string of the molecule is COC(=O)c1cc(NCc2cccnn2)ncc1N. The Morgan fingerprint density at radius 1 is 1.53 bits per heavy atom.